The van der Waals surface area contributed by atoms with Crippen molar-refractivity contribution in [3.8, 4) is 0 Å². The number of imidazole rings is 1. The van der Waals surface area contributed by atoms with Gasteiger partial charge in [0.25, 0.3) is 0 Å². The summed E-state index contributed by atoms with van der Waals surface area (Å²) < 4.78 is 15.1. The first-order chi connectivity index (χ1) is 11.2. The minimum atomic E-state index is -0.317. The lowest BCUT2D eigenvalue weighted by molar-refractivity contribution is -0.120. The predicted octanol–water partition coefficient (Wildman–Crippen LogP) is 2.92. The van der Waals surface area contributed by atoms with Crippen molar-refractivity contribution in [2.45, 2.75) is 19.4 Å². The first-order valence-corrected chi connectivity index (χ1v) is 7.63. The van der Waals surface area contributed by atoms with E-state index in [1.807, 2.05) is 30.6 Å². The third kappa shape index (κ3) is 3.94. The number of aromatic nitrogens is 2. The maximum absolute atomic E-state index is 13.1. The normalized spacial score (nSPS) is 10.8. The van der Waals surface area contributed by atoms with E-state index in [4.69, 9.17) is 0 Å². The molecule has 0 radical (unpaired) electrons. The van der Waals surface area contributed by atoms with E-state index in [2.05, 4.69) is 14.9 Å². The highest BCUT2D eigenvalue weighted by molar-refractivity contribution is 5.78. The summed E-state index contributed by atoms with van der Waals surface area (Å²) in [6.07, 6.45) is 2.83. The molecule has 0 atom stereocenters. The topological polar surface area (TPSA) is 46.9 Å². The summed E-state index contributed by atoms with van der Waals surface area (Å²) in [7, 11) is 0. The second-order valence-electron chi connectivity index (χ2n) is 5.44. The number of amides is 1. The van der Waals surface area contributed by atoms with E-state index in [-0.39, 0.29) is 18.1 Å². The number of nitrogens with zero attached hydrogens (tertiary/aromatic N) is 2. The summed E-state index contributed by atoms with van der Waals surface area (Å²) in [6, 6.07) is 14.1. The predicted molar refractivity (Wildman–Crippen MR) is 87.5 cm³/mol. The van der Waals surface area contributed by atoms with Gasteiger partial charge in [-0.3, -0.25) is 4.79 Å². The molecule has 1 heterocycles. The Morgan fingerprint density at radius 1 is 1.17 bits per heavy atom. The monoisotopic (exact) mass is 311 g/mol. The Kier molecular flexibility index (Phi) is 4.66. The van der Waals surface area contributed by atoms with Gasteiger partial charge in [-0.2, -0.15) is 0 Å². The molecule has 118 valence electrons. The molecule has 0 aliphatic rings. The molecule has 4 nitrogen and oxygen atoms in total. The molecule has 1 N–H and O–H groups in total. The number of nitrogens with one attached hydrogen (secondary N) is 1. The molecular formula is C18H18FN3O. The van der Waals surface area contributed by atoms with Crippen molar-refractivity contribution in [3.63, 3.8) is 0 Å². The van der Waals surface area contributed by atoms with Crippen LogP contribution in [0.3, 0.4) is 0 Å². The summed E-state index contributed by atoms with van der Waals surface area (Å²) >= 11 is 0. The molecule has 1 aromatic heterocycles. The van der Waals surface area contributed by atoms with Crippen molar-refractivity contribution in [1.82, 2.24) is 14.9 Å². The number of aryl methyl sites for hydroxylation is 1. The number of hydrogen-bond donors (Lipinski definition) is 1. The van der Waals surface area contributed by atoms with Crippen LogP contribution in [-0.2, 0) is 17.8 Å². The lowest BCUT2D eigenvalue weighted by atomic mass is 10.1. The van der Waals surface area contributed by atoms with Crippen LogP contribution in [0.25, 0.3) is 11.0 Å². The first kappa shape index (κ1) is 15.2. The van der Waals surface area contributed by atoms with E-state index in [1.54, 1.807) is 12.1 Å². The van der Waals surface area contributed by atoms with Crippen LogP contribution < -0.4 is 5.32 Å². The van der Waals surface area contributed by atoms with Crippen LogP contribution in [0.15, 0.2) is 54.9 Å². The van der Waals surface area contributed by atoms with E-state index in [9.17, 15) is 9.18 Å². The van der Waals surface area contributed by atoms with Gasteiger partial charge in [-0.1, -0.05) is 24.3 Å². The Morgan fingerprint density at radius 2 is 2.04 bits per heavy atom. The van der Waals surface area contributed by atoms with Gasteiger partial charge in [-0.15, -0.1) is 0 Å². The zero-order chi connectivity index (χ0) is 16.1. The molecule has 5 heteroatoms. The van der Waals surface area contributed by atoms with Gasteiger partial charge < -0.3 is 9.88 Å². The third-order valence-corrected chi connectivity index (χ3v) is 3.68. The Hall–Kier alpha value is -2.69. The summed E-state index contributed by atoms with van der Waals surface area (Å²) in [5.41, 5.74) is 2.75. The molecule has 3 aromatic rings. The van der Waals surface area contributed by atoms with Crippen molar-refractivity contribution in [1.29, 1.82) is 0 Å². The highest BCUT2D eigenvalue weighted by Crippen LogP contribution is 2.11. The smallest absolute Gasteiger partial charge is 0.224 e. The van der Waals surface area contributed by atoms with Gasteiger partial charge in [0.1, 0.15) is 5.82 Å². The van der Waals surface area contributed by atoms with Crippen LogP contribution >= 0.6 is 0 Å². The fourth-order valence-corrected chi connectivity index (χ4v) is 2.56. The molecule has 0 saturated carbocycles. The minimum absolute atomic E-state index is 0.0916. The zero-order valence-corrected chi connectivity index (χ0v) is 12.7. The summed E-state index contributed by atoms with van der Waals surface area (Å²) in [5.74, 6) is -0.409. The lowest BCUT2D eigenvalue weighted by Gasteiger charge is -2.07. The van der Waals surface area contributed by atoms with Gasteiger partial charge in [-0.05, 0) is 36.2 Å². The van der Waals surface area contributed by atoms with E-state index in [1.165, 1.54) is 12.1 Å². The van der Waals surface area contributed by atoms with Gasteiger partial charge in [0.2, 0.25) is 5.91 Å². The number of rotatable bonds is 6. The van der Waals surface area contributed by atoms with Gasteiger partial charge in [0.15, 0.2) is 0 Å². The molecule has 0 unspecified atom stereocenters. The fraction of sp³-hybridized carbons (Fsp3) is 0.222. The van der Waals surface area contributed by atoms with Gasteiger partial charge in [0.05, 0.1) is 23.8 Å². The fourth-order valence-electron chi connectivity index (χ4n) is 2.56. The highest BCUT2D eigenvalue weighted by atomic mass is 19.1. The molecule has 23 heavy (non-hydrogen) atoms. The van der Waals surface area contributed by atoms with E-state index < -0.39 is 0 Å². The molecular weight excluding hydrogens is 293 g/mol. The van der Waals surface area contributed by atoms with Crippen molar-refractivity contribution in [2.24, 2.45) is 0 Å². The molecule has 0 saturated heterocycles. The van der Waals surface area contributed by atoms with Crippen molar-refractivity contribution in [3.05, 3.63) is 66.2 Å². The van der Waals surface area contributed by atoms with Crippen LogP contribution in [-0.4, -0.2) is 22.0 Å². The third-order valence-electron chi connectivity index (χ3n) is 3.68. The Morgan fingerprint density at radius 3 is 2.91 bits per heavy atom. The Labute approximate surface area is 134 Å². The van der Waals surface area contributed by atoms with Crippen LogP contribution in [0.5, 0.6) is 0 Å². The number of hydrogen-bond acceptors (Lipinski definition) is 2. The van der Waals surface area contributed by atoms with E-state index in [0.717, 1.165) is 24.0 Å². The number of benzene rings is 2. The molecule has 0 aliphatic heterocycles. The number of para-hydroxylation sites is 2. The van der Waals surface area contributed by atoms with Crippen LogP contribution in [0, 0.1) is 5.82 Å². The number of halogens is 1. The summed E-state index contributed by atoms with van der Waals surface area (Å²) in [5, 5.41) is 2.87. The second kappa shape index (κ2) is 7.05. The zero-order valence-electron chi connectivity index (χ0n) is 12.7. The van der Waals surface area contributed by atoms with Gasteiger partial charge in [-0.25, -0.2) is 9.37 Å². The van der Waals surface area contributed by atoms with Crippen molar-refractivity contribution < 1.29 is 9.18 Å². The number of fused-ring (bicyclic) bond motifs is 1. The van der Waals surface area contributed by atoms with Gasteiger partial charge in [0, 0.05) is 13.1 Å². The van der Waals surface area contributed by atoms with Crippen molar-refractivity contribution in [2.75, 3.05) is 6.54 Å². The van der Waals surface area contributed by atoms with Crippen LogP contribution in [0.1, 0.15) is 12.0 Å². The first-order valence-electron chi connectivity index (χ1n) is 7.63. The quantitative estimate of drug-likeness (QED) is 0.712. The van der Waals surface area contributed by atoms with E-state index in [0.29, 0.717) is 12.1 Å². The minimum Gasteiger partial charge on any atom is -0.356 e. The van der Waals surface area contributed by atoms with Crippen LogP contribution in [0.2, 0.25) is 0 Å². The maximum Gasteiger partial charge on any atom is 0.224 e. The molecule has 0 fully saturated rings. The second-order valence-corrected chi connectivity index (χ2v) is 5.44. The number of carbonyl (C=O) groups excluding carboxylic acids is 1. The molecule has 0 spiro atoms. The standard InChI is InChI=1S/C18H18FN3O/c19-15-6-3-5-14(11-15)12-18(23)20-9-4-10-22-13-21-16-7-1-2-8-17(16)22/h1-3,5-8,11,13H,4,9-10,12H2,(H,20,23). The summed E-state index contributed by atoms with van der Waals surface area (Å²) in [6.45, 7) is 1.38. The van der Waals surface area contributed by atoms with Crippen molar-refractivity contribution >= 4 is 16.9 Å². The SMILES string of the molecule is O=C(Cc1cccc(F)c1)NCCCn1cnc2ccccc21. The summed E-state index contributed by atoms with van der Waals surface area (Å²) in [4.78, 5) is 16.2. The Balaban J connectivity index is 1.45. The maximum atomic E-state index is 13.1. The highest BCUT2D eigenvalue weighted by Gasteiger charge is 2.04. The Bertz CT molecular complexity index is 813. The van der Waals surface area contributed by atoms with Crippen LogP contribution in [0.4, 0.5) is 4.39 Å². The van der Waals surface area contributed by atoms with Gasteiger partial charge >= 0.3 is 0 Å². The lowest BCUT2D eigenvalue weighted by Crippen LogP contribution is -2.26. The molecule has 0 bridgehead atoms. The molecule has 2 aromatic carbocycles. The van der Waals surface area contributed by atoms with E-state index >= 15 is 0 Å². The molecule has 0 aliphatic carbocycles. The average Bonchev–Trinajstić information content (AvgIpc) is 2.95. The number of carbonyl (C=O) groups is 1. The largest absolute Gasteiger partial charge is 0.356 e. The molecule has 3 rings (SSSR count). The molecule has 1 amide bonds. The average molecular weight is 311 g/mol.